The first kappa shape index (κ1) is 11.3. The van der Waals surface area contributed by atoms with E-state index in [0.717, 1.165) is 11.3 Å². The van der Waals surface area contributed by atoms with Crippen LogP contribution in [0.25, 0.3) is 0 Å². The first-order valence-electron chi connectivity index (χ1n) is 7.34. The number of nitrogens with zero attached hydrogens (tertiary/aromatic N) is 1. The topological polar surface area (TPSA) is 24.9 Å². The molecule has 1 heterocycles. The van der Waals surface area contributed by atoms with Gasteiger partial charge in [0.25, 0.3) is 0 Å². The van der Waals surface area contributed by atoms with Crippen LogP contribution >= 0.6 is 11.6 Å². The third-order valence-electron chi connectivity index (χ3n) is 2.63. The zero-order valence-corrected chi connectivity index (χ0v) is 11.9. The van der Waals surface area contributed by atoms with Gasteiger partial charge in [0, 0.05) is 32.4 Å². The Balaban J connectivity index is 2.27. The van der Waals surface area contributed by atoms with Gasteiger partial charge in [-0.15, -0.1) is 0 Å². The lowest BCUT2D eigenvalue weighted by molar-refractivity contribution is 0.648. The van der Waals surface area contributed by atoms with Gasteiger partial charge in [0.15, 0.2) is 0 Å². The number of anilines is 1. The van der Waals surface area contributed by atoms with Crippen LogP contribution in [0, 0.1) is 5.92 Å². The maximum absolute atomic E-state index is 8.30. The van der Waals surface area contributed by atoms with Crippen LogP contribution in [-0.2, 0) is 12.9 Å². The molecule has 0 aliphatic carbocycles. The Kier molecular flexibility index (Phi) is 3.91. The Morgan fingerprint density at radius 1 is 1.37 bits per heavy atom. The minimum Gasteiger partial charge on any atom is -0.381 e. The highest BCUT2D eigenvalue weighted by Crippen LogP contribution is 2.24. The lowest BCUT2D eigenvalue weighted by atomic mass is 10.0. The summed E-state index contributed by atoms with van der Waals surface area (Å²) >= 11 is 6.04. The van der Waals surface area contributed by atoms with Gasteiger partial charge in [-0.2, -0.15) is 0 Å². The lowest BCUT2D eigenvalue weighted by Gasteiger charge is -2.14. The van der Waals surface area contributed by atoms with Crippen molar-refractivity contribution < 1.29 is 2.74 Å². The molecule has 100 valence electrons. The molecule has 0 aliphatic heterocycles. The Hall–Kier alpha value is -1.54. The number of benzene rings is 1. The van der Waals surface area contributed by atoms with E-state index in [9.17, 15) is 0 Å². The average Bonchev–Trinajstić information content (AvgIpc) is 2.46. The monoisotopic (exact) mass is 276 g/mol. The molecule has 0 amide bonds. The Morgan fingerprint density at radius 3 is 2.89 bits per heavy atom. The number of pyridine rings is 1. The molecule has 19 heavy (non-hydrogen) atoms. The molecule has 1 N–H and O–H groups in total. The van der Waals surface area contributed by atoms with Gasteiger partial charge in [-0.05, 0) is 47.7 Å². The molecule has 2 nitrogen and oxygen atoms in total. The summed E-state index contributed by atoms with van der Waals surface area (Å²) in [5, 5.41) is 3.82. The summed E-state index contributed by atoms with van der Waals surface area (Å²) in [6.07, 6.45) is 2.08. The second-order valence-corrected chi connectivity index (χ2v) is 5.14. The minimum absolute atomic E-state index is 0.144. The summed E-state index contributed by atoms with van der Waals surface area (Å²) in [5.74, 6) is -0.144. The summed E-state index contributed by atoms with van der Waals surface area (Å²) in [6.45, 7) is 4.33. The summed E-state index contributed by atoms with van der Waals surface area (Å²) in [6, 6.07) is 9.16. The van der Waals surface area contributed by atoms with Crippen LogP contribution in [0.3, 0.4) is 0 Å². The molecule has 0 spiro atoms. The highest BCUT2D eigenvalue weighted by atomic mass is 35.5. The lowest BCUT2D eigenvalue weighted by Crippen LogP contribution is -2.04. The van der Waals surface area contributed by atoms with Crippen molar-refractivity contribution in [1.82, 2.24) is 4.98 Å². The molecule has 0 bridgehead atoms. The zero-order valence-electron chi connectivity index (χ0n) is 13.2. The van der Waals surface area contributed by atoms with Crippen molar-refractivity contribution in [3.8, 4) is 0 Å². The van der Waals surface area contributed by atoms with Crippen LogP contribution in [0.15, 0.2) is 42.7 Å². The largest absolute Gasteiger partial charge is 0.381 e. The molecule has 0 unspecified atom stereocenters. The summed E-state index contributed by atoms with van der Waals surface area (Å²) in [5.41, 5.74) is 2.40. The second kappa shape index (κ2) is 6.58. The molecule has 1 aromatic heterocycles. The van der Waals surface area contributed by atoms with Crippen LogP contribution < -0.4 is 5.32 Å². The smallest absolute Gasteiger partial charge is 0.0416 e. The fourth-order valence-electron chi connectivity index (χ4n) is 1.80. The van der Waals surface area contributed by atoms with Crippen LogP contribution in [-0.4, -0.2) is 4.98 Å². The molecule has 3 heteroatoms. The van der Waals surface area contributed by atoms with Crippen molar-refractivity contribution in [3.63, 3.8) is 0 Å². The molecule has 2 aromatic rings. The van der Waals surface area contributed by atoms with Crippen LogP contribution in [0.4, 0.5) is 5.69 Å². The van der Waals surface area contributed by atoms with E-state index in [1.165, 1.54) is 0 Å². The van der Waals surface area contributed by atoms with E-state index in [4.69, 9.17) is 14.3 Å². The molecule has 0 fully saturated rings. The van der Waals surface area contributed by atoms with E-state index in [2.05, 4.69) is 10.3 Å². The van der Waals surface area contributed by atoms with Gasteiger partial charge in [-0.25, -0.2) is 0 Å². The van der Waals surface area contributed by atoms with E-state index < -0.39 is 6.37 Å². The third kappa shape index (κ3) is 4.25. The van der Waals surface area contributed by atoms with Gasteiger partial charge >= 0.3 is 0 Å². The molecule has 1 aromatic carbocycles. The van der Waals surface area contributed by atoms with Crippen LogP contribution in [0.1, 0.15) is 27.7 Å². The van der Waals surface area contributed by atoms with Crippen molar-refractivity contribution in [2.45, 2.75) is 26.8 Å². The van der Waals surface area contributed by atoms with Crippen molar-refractivity contribution in [2.75, 3.05) is 5.32 Å². The molecule has 2 rings (SSSR count). The second-order valence-electron chi connectivity index (χ2n) is 4.70. The number of hydrogen-bond donors (Lipinski definition) is 1. The average molecular weight is 277 g/mol. The molecular weight excluding hydrogens is 256 g/mol. The van der Waals surface area contributed by atoms with Crippen molar-refractivity contribution in [2.24, 2.45) is 5.92 Å². The maximum Gasteiger partial charge on any atom is 0.0416 e. The Morgan fingerprint density at radius 2 is 2.21 bits per heavy atom. The van der Waals surface area contributed by atoms with Crippen molar-refractivity contribution >= 4 is 17.3 Å². The number of aromatic nitrogens is 1. The highest BCUT2D eigenvalue weighted by Gasteiger charge is 2.06. The van der Waals surface area contributed by atoms with E-state index in [-0.39, 0.29) is 5.92 Å². The number of hydrogen-bond acceptors (Lipinski definition) is 2. The van der Waals surface area contributed by atoms with E-state index in [1.54, 1.807) is 24.5 Å². The molecule has 0 radical (unpaired) electrons. The van der Waals surface area contributed by atoms with Gasteiger partial charge in [-0.3, -0.25) is 4.98 Å². The first-order valence-corrected chi connectivity index (χ1v) is 6.72. The van der Waals surface area contributed by atoms with Crippen molar-refractivity contribution in [1.29, 1.82) is 0 Å². The van der Waals surface area contributed by atoms with E-state index in [0.29, 0.717) is 17.1 Å². The molecule has 0 saturated heterocycles. The SMILES string of the molecule is [2H]C([2H])(c1cc(Cl)ccc1NCc1cccnc1)C(C)C. The number of halogens is 1. The van der Waals surface area contributed by atoms with Gasteiger partial charge in [0.1, 0.15) is 0 Å². The van der Waals surface area contributed by atoms with Crippen molar-refractivity contribution in [3.05, 3.63) is 58.9 Å². The molecule has 0 aliphatic rings. The quantitative estimate of drug-likeness (QED) is 0.867. The van der Waals surface area contributed by atoms with Gasteiger partial charge < -0.3 is 5.32 Å². The van der Waals surface area contributed by atoms with Gasteiger partial charge in [-0.1, -0.05) is 31.5 Å². The van der Waals surface area contributed by atoms with E-state index in [1.807, 2.05) is 32.0 Å². The fraction of sp³-hybridized carbons (Fsp3) is 0.312. The van der Waals surface area contributed by atoms with Gasteiger partial charge in [0.05, 0.1) is 0 Å². The normalized spacial score (nSPS) is 13.1. The molecule has 0 saturated carbocycles. The van der Waals surface area contributed by atoms with E-state index >= 15 is 0 Å². The molecular formula is C16H19ClN2. The maximum atomic E-state index is 8.30. The standard InChI is InChI=1S/C16H19ClN2/c1-12(2)8-14-9-15(17)5-6-16(14)19-11-13-4-3-7-18-10-13/h3-7,9-10,12,19H,8,11H2,1-2H3/i8D2. The van der Waals surface area contributed by atoms with Crippen LogP contribution in [0.5, 0.6) is 0 Å². The fourth-order valence-corrected chi connectivity index (χ4v) is 1.97. The zero-order chi connectivity index (χ0) is 15.5. The summed E-state index contributed by atoms with van der Waals surface area (Å²) in [4.78, 5) is 4.08. The predicted octanol–water partition coefficient (Wildman–Crippen LogP) is 4.55. The predicted molar refractivity (Wildman–Crippen MR) is 81.6 cm³/mol. The van der Waals surface area contributed by atoms with Gasteiger partial charge in [0.2, 0.25) is 0 Å². The summed E-state index contributed by atoms with van der Waals surface area (Å²) in [7, 11) is 0. The van der Waals surface area contributed by atoms with Crippen LogP contribution in [0.2, 0.25) is 5.02 Å². The Bertz CT molecular complexity index is 600. The molecule has 0 atom stereocenters. The minimum atomic E-state index is -1.44. The summed E-state index contributed by atoms with van der Waals surface area (Å²) < 4.78 is 16.6. The number of nitrogens with one attached hydrogen (secondary N) is 1. The first-order chi connectivity index (χ1) is 9.91. The number of rotatable bonds is 5. The Labute approximate surface area is 122 Å². The highest BCUT2D eigenvalue weighted by molar-refractivity contribution is 6.30. The third-order valence-corrected chi connectivity index (χ3v) is 2.87.